The highest BCUT2D eigenvalue weighted by molar-refractivity contribution is 5.75. The number of carbonyl (C=O) groups is 1. The lowest BCUT2D eigenvalue weighted by molar-refractivity contribution is -0.0462. The van der Waals surface area contributed by atoms with E-state index in [9.17, 15) is 4.79 Å². The maximum Gasteiger partial charge on any atom is 0.410 e. The minimum absolute atomic E-state index is 0.00786. The smallest absolute Gasteiger partial charge is 0.410 e. The lowest BCUT2D eigenvalue weighted by atomic mass is 9.86. The quantitative estimate of drug-likeness (QED) is 0.622. The van der Waals surface area contributed by atoms with Crippen molar-refractivity contribution < 1.29 is 13.9 Å². The number of aromatic nitrogens is 1. The molecule has 2 atom stereocenters. The summed E-state index contributed by atoms with van der Waals surface area (Å²) in [6.07, 6.45) is 2.91. The number of hydrogen-bond donors (Lipinski definition) is 0. The van der Waals surface area contributed by atoms with Gasteiger partial charge in [0, 0.05) is 20.0 Å². The number of ether oxygens (including phenoxy) is 1. The molecule has 5 heterocycles. The number of aryl methyl sites for hydroxylation is 1. The molecular formula is C25H27N3O3. The van der Waals surface area contributed by atoms with Crippen molar-refractivity contribution in [2.45, 2.75) is 38.3 Å². The van der Waals surface area contributed by atoms with E-state index in [1.165, 1.54) is 11.1 Å². The number of oxazole rings is 1. The first-order valence-electron chi connectivity index (χ1n) is 11.3. The third-order valence-corrected chi connectivity index (χ3v) is 7.20. The van der Waals surface area contributed by atoms with Crippen LogP contribution in [0, 0.1) is 12.8 Å². The van der Waals surface area contributed by atoms with Crippen LogP contribution in [0.1, 0.15) is 41.5 Å². The summed E-state index contributed by atoms with van der Waals surface area (Å²) in [6.45, 7) is 5.64. The zero-order chi connectivity index (χ0) is 20.9. The first-order valence-corrected chi connectivity index (χ1v) is 11.3. The molecule has 0 spiro atoms. The van der Waals surface area contributed by atoms with Gasteiger partial charge in [-0.05, 0) is 67.1 Å². The van der Waals surface area contributed by atoms with Gasteiger partial charge in [-0.15, -0.1) is 0 Å². The molecule has 1 aromatic heterocycles. The maximum atomic E-state index is 13.5. The highest BCUT2D eigenvalue weighted by Crippen LogP contribution is 2.38. The van der Waals surface area contributed by atoms with E-state index in [4.69, 9.17) is 9.15 Å². The molecule has 2 aromatic carbocycles. The predicted octanol–water partition coefficient (Wildman–Crippen LogP) is 4.31. The minimum Gasteiger partial charge on any atom is -0.444 e. The lowest BCUT2D eigenvalue weighted by Gasteiger charge is -2.45. The Morgan fingerprint density at radius 2 is 1.97 bits per heavy atom. The van der Waals surface area contributed by atoms with Gasteiger partial charge < -0.3 is 9.15 Å². The Morgan fingerprint density at radius 1 is 1.13 bits per heavy atom. The van der Waals surface area contributed by atoms with Gasteiger partial charge in [0.1, 0.15) is 11.6 Å². The Labute approximate surface area is 181 Å². The summed E-state index contributed by atoms with van der Waals surface area (Å²) in [5.41, 5.74) is 5.09. The minimum atomic E-state index is -0.199. The summed E-state index contributed by atoms with van der Waals surface area (Å²) in [7, 11) is 0. The van der Waals surface area contributed by atoms with Crippen LogP contribution in [-0.4, -0.2) is 53.2 Å². The van der Waals surface area contributed by atoms with Crippen LogP contribution < -0.4 is 0 Å². The van der Waals surface area contributed by atoms with Gasteiger partial charge in [0.2, 0.25) is 0 Å². The summed E-state index contributed by atoms with van der Waals surface area (Å²) in [5, 5.41) is 0. The van der Waals surface area contributed by atoms with E-state index in [1.807, 2.05) is 36.1 Å². The largest absolute Gasteiger partial charge is 0.444 e. The SMILES string of the molecule is Cc1nc2cc([C@H]3c4ccccc4CCN3C(=O)O[C@@H]3CN4CCC3CC4)ccc2o1. The van der Waals surface area contributed by atoms with E-state index in [-0.39, 0.29) is 18.2 Å². The molecule has 0 radical (unpaired) electrons. The highest BCUT2D eigenvalue weighted by atomic mass is 16.6. The van der Waals surface area contributed by atoms with E-state index < -0.39 is 0 Å². The first kappa shape index (κ1) is 18.9. The van der Waals surface area contributed by atoms with Crippen molar-refractivity contribution in [1.82, 2.24) is 14.8 Å². The number of benzene rings is 2. The molecule has 3 saturated heterocycles. The van der Waals surface area contributed by atoms with Crippen molar-refractivity contribution in [3.8, 4) is 0 Å². The van der Waals surface area contributed by atoms with Crippen molar-refractivity contribution in [3.63, 3.8) is 0 Å². The van der Waals surface area contributed by atoms with Crippen LogP contribution in [0.4, 0.5) is 4.79 Å². The fourth-order valence-electron chi connectivity index (χ4n) is 5.59. The molecule has 7 rings (SSSR count). The summed E-state index contributed by atoms with van der Waals surface area (Å²) in [4.78, 5) is 22.3. The molecule has 1 amide bonds. The first-order chi connectivity index (χ1) is 15.2. The normalized spacial score (nSPS) is 27.3. The molecule has 4 aliphatic rings. The average Bonchev–Trinajstić information content (AvgIpc) is 3.18. The van der Waals surface area contributed by atoms with E-state index in [0.29, 0.717) is 18.4 Å². The molecule has 31 heavy (non-hydrogen) atoms. The maximum absolute atomic E-state index is 13.5. The lowest BCUT2D eigenvalue weighted by Crippen LogP contribution is -2.53. The molecule has 2 bridgehead atoms. The Balaban J connectivity index is 1.35. The molecule has 160 valence electrons. The number of piperidine rings is 3. The third kappa shape index (κ3) is 3.30. The standard InChI is InChI=1S/C25H27N3O3/c1-16-26-21-14-19(6-7-22(21)30-16)24-20-5-3-2-4-17(20)10-13-28(24)25(29)31-23-15-27-11-8-18(23)9-12-27/h2-7,14,18,23-24H,8-13,15H2,1H3/t23-,24+/m1/s1. The second kappa shape index (κ2) is 7.38. The van der Waals surface area contributed by atoms with Gasteiger partial charge in [0.25, 0.3) is 0 Å². The van der Waals surface area contributed by atoms with Crippen molar-refractivity contribution in [3.05, 3.63) is 65.0 Å². The van der Waals surface area contributed by atoms with Gasteiger partial charge in [-0.1, -0.05) is 30.3 Å². The third-order valence-electron chi connectivity index (χ3n) is 7.20. The van der Waals surface area contributed by atoms with Crippen LogP contribution in [0.25, 0.3) is 11.1 Å². The number of amides is 1. The number of fused-ring (bicyclic) bond motifs is 5. The van der Waals surface area contributed by atoms with Gasteiger partial charge in [0.15, 0.2) is 11.5 Å². The van der Waals surface area contributed by atoms with E-state index in [1.54, 1.807) is 0 Å². The number of rotatable bonds is 2. The second-order valence-corrected chi connectivity index (χ2v) is 9.07. The van der Waals surface area contributed by atoms with Crippen molar-refractivity contribution in [1.29, 1.82) is 0 Å². The number of nitrogens with zero attached hydrogens (tertiary/aromatic N) is 3. The van der Waals surface area contributed by atoms with Crippen LogP contribution in [0.3, 0.4) is 0 Å². The zero-order valence-corrected chi connectivity index (χ0v) is 17.8. The Morgan fingerprint density at radius 3 is 2.77 bits per heavy atom. The van der Waals surface area contributed by atoms with Crippen molar-refractivity contribution in [2.24, 2.45) is 5.92 Å². The van der Waals surface area contributed by atoms with E-state index in [2.05, 4.69) is 28.1 Å². The van der Waals surface area contributed by atoms with E-state index >= 15 is 0 Å². The molecule has 0 saturated carbocycles. The summed E-state index contributed by atoms with van der Waals surface area (Å²) in [6, 6.07) is 14.3. The van der Waals surface area contributed by atoms with Crippen LogP contribution in [0.5, 0.6) is 0 Å². The Kier molecular flexibility index (Phi) is 4.49. The van der Waals surface area contributed by atoms with Gasteiger partial charge in [0.05, 0.1) is 6.04 Å². The topological polar surface area (TPSA) is 58.8 Å². The van der Waals surface area contributed by atoms with E-state index in [0.717, 1.165) is 55.6 Å². The molecule has 6 nitrogen and oxygen atoms in total. The number of carbonyl (C=O) groups excluding carboxylic acids is 1. The monoisotopic (exact) mass is 417 g/mol. The van der Waals surface area contributed by atoms with Crippen LogP contribution in [-0.2, 0) is 11.2 Å². The molecule has 0 unspecified atom stereocenters. The Hall–Kier alpha value is -2.86. The fraction of sp³-hybridized carbons (Fsp3) is 0.440. The molecule has 3 fully saturated rings. The molecular weight excluding hydrogens is 390 g/mol. The van der Waals surface area contributed by atoms with Crippen LogP contribution in [0.15, 0.2) is 46.9 Å². The average molecular weight is 418 g/mol. The summed E-state index contributed by atoms with van der Waals surface area (Å²) >= 11 is 0. The van der Waals surface area contributed by atoms with Crippen LogP contribution in [0.2, 0.25) is 0 Å². The van der Waals surface area contributed by atoms with Crippen molar-refractivity contribution in [2.75, 3.05) is 26.2 Å². The number of hydrogen-bond acceptors (Lipinski definition) is 5. The predicted molar refractivity (Wildman–Crippen MR) is 117 cm³/mol. The second-order valence-electron chi connectivity index (χ2n) is 9.07. The summed E-state index contributed by atoms with van der Waals surface area (Å²) in [5.74, 6) is 1.15. The summed E-state index contributed by atoms with van der Waals surface area (Å²) < 4.78 is 11.8. The van der Waals surface area contributed by atoms with Gasteiger partial charge in [-0.3, -0.25) is 9.80 Å². The zero-order valence-electron chi connectivity index (χ0n) is 17.8. The van der Waals surface area contributed by atoms with Gasteiger partial charge in [-0.2, -0.15) is 0 Å². The molecule has 6 heteroatoms. The van der Waals surface area contributed by atoms with Crippen LogP contribution >= 0.6 is 0 Å². The fourth-order valence-corrected chi connectivity index (χ4v) is 5.59. The molecule has 3 aromatic rings. The Bertz CT molecular complexity index is 1130. The van der Waals surface area contributed by atoms with Crippen molar-refractivity contribution >= 4 is 17.2 Å². The molecule has 0 aliphatic carbocycles. The molecule has 4 aliphatic heterocycles. The van der Waals surface area contributed by atoms with Gasteiger partial charge in [-0.25, -0.2) is 9.78 Å². The molecule has 0 N–H and O–H groups in total. The highest BCUT2D eigenvalue weighted by Gasteiger charge is 2.39. The van der Waals surface area contributed by atoms with Gasteiger partial charge >= 0.3 is 6.09 Å².